The highest BCUT2D eigenvalue weighted by atomic mass is 35.5. The first-order valence-electron chi connectivity index (χ1n) is 6.27. The summed E-state index contributed by atoms with van der Waals surface area (Å²) < 4.78 is 16.2. The van der Waals surface area contributed by atoms with E-state index in [-0.39, 0.29) is 17.1 Å². The first-order valence-corrected chi connectivity index (χ1v) is 6.65. The van der Waals surface area contributed by atoms with E-state index >= 15 is 0 Å². The molecule has 20 heavy (non-hydrogen) atoms. The molecule has 0 unspecified atom stereocenters. The Labute approximate surface area is 120 Å². The van der Waals surface area contributed by atoms with E-state index in [2.05, 4.69) is 0 Å². The molecule has 0 N–H and O–H groups in total. The number of halogens is 2. The summed E-state index contributed by atoms with van der Waals surface area (Å²) >= 11 is 5.67. The minimum atomic E-state index is -0.533. The molecule has 0 aliphatic carbocycles. The van der Waals surface area contributed by atoms with Gasteiger partial charge in [0.25, 0.3) is 5.56 Å². The summed E-state index contributed by atoms with van der Waals surface area (Å²) in [5, 5.41) is 0.273. The van der Waals surface area contributed by atoms with Gasteiger partial charge in [-0.05, 0) is 18.6 Å². The van der Waals surface area contributed by atoms with Crippen molar-refractivity contribution in [2.45, 2.75) is 26.4 Å². The summed E-state index contributed by atoms with van der Waals surface area (Å²) in [6, 6.07) is 5.47. The monoisotopic (exact) mass is 296 g/mol. The second kappa shape index (κ2) is 6.05. The average Bonchev–Trinajstić information content (AvgIpc) is 2.40. The van der Waals surface area contributed by atoms with Crippen molar-refractivity contribution in [3.63, 3.8) is 0 Å². The van der Waals surface area contributed by atoms with Gasteiger partial charge in [-0.25, -0.2) is 9.18 Å². The molecule has 0 radical (unpaired) electrons. The van der Waals surface area contributed by atoms with Crippen molar-refractivity contribution < 1.29 is 4.39 Å². The van der Waals surface area contributed by atoms with E-state index in [1.807, 2.05) is 6.92 Å². The van der Waals surface area contributed by atoms with Gasteiger partial charge in [-0.15, -0.1) is 0 Å². The predicted molar refractivity (Wildman–Crippen MR) is 75.8 cm³/mol. The van der Waals surface area contributed by atoms with E-state index in [1.54, 1.807) is 0 Å². The van der Waals surface area contributed by atoms with Crippen molar-refractivity contribution in [2.24, 2.45) is 0 Å². The van der Waals surface area contributed by atoms with Crippen LogP contribution in [-0.4, -0.2) is 9.13 Å². The molecule has 0 bridgehead atoms. The maximum absolute atomic E-state index is 13.7. The molecule has 0 fully saturated rings. The predicted octanol–water partition coefficient (Wildman–Crippen LogP) is 2.26. The maximum atomic E-state index is 13.7. The lowest BCUT2D eigenvalue weighted by Crippen LogP contribution is -2.39. The zero-order valence-corrected chi connectivity index (χ0v) is 11.7. The third kappa shape index (κ3) is 2.99. The second-order valence-electron chi connectivity index (χ2n) is 4.45. The van der Waals surface area contributed by atoms with Gasteiger partial charge >= 0.3 is 5.69 Å². The number of nitrogens with zero attached hydrogens (tertiary/aromatic N) is 2. The Kier molecular flexibility index (Phi) is 4.39. The van der Waals surface area contributed by atoms with Crippen molar-refractivity contribution in [3.8, 4) is 0 Å². The average molecular weight is 297 g/mol. The van der Waals surface area contributed by atoms with Gasteiger partial charge in [-0.2, -0.15) is 0 Å². The highest BCUT2D eigenvalue weighted by Gasteiger charge is 2.09. The van der Waals surface area contributed by atoms with Gasteiger partial charge in [0.2, 0.25) is 0 Å². The second-order valence-corrected chi connectivity index (χ2v) is 4.89. The highest BCUT2D eigenvalue weighted by molar-refractivity contribution is 6.30. The zero-order valence-electron chi connectivity index (χ0n) is 11.0. The van der Waals surface area contributed by atoms with Crippen LogP contribution in [0.1, 0.15) is 18.9 Å². The first-order chi connectivity index (χ1) is 9.52. The highest BCUT2D eigenvalue weighted by Crippen LogP contribution is 2.14. The molecule has 1 aromatic carbocycles. The summed E-state index contributed by atoms with van der Waals surface area (Å²) in [6.45, 7) is 2.34. The minimum Gasteiger partial charge on any atom is -0.300 e. The number of hydrogen-bond acceptors (Lipinski definition) is 2. The number of rotatable bonds is 4. The van der Waals surface area contributed by atoms with Gasteiger partial charge in [-0.3, -0.25) is 9.36 Å². The molecule has 2 rings (SSSR count). The Morgan fingerprint density at radius 3 is 2.65 bits per heavy atom. The third-order valence-corrected chi connectivity index (χ3v) is 3.18. The Hall–Kier alpha value is -1.88. The summed E-state index contributed by atoms with van der Waals surface area (Å²) in [7, 11) is 0. The Morgan fingerprint density at radius 1 is 1.25 bits per heavy atom. The summed E-state index contributed by atoms with van der Waals surface area (Å²) in [4.78, 5) is 23.9. The van der Waals surface area contributed by atoms with Gasteiger partial charge in [0.15, 0.2) is 0 Å². The summed E-state index contributed by atoms with van der Waals surface area (Å²) in [6.07, 6.45) is 2.23. The van der Waals surface area contributed by atoms with E-state index in [1.165, 1.54) is 29.0 Å². The minimum absolute atomic E-state index is 0.106. The molecule has 1 aromatic heterocycles. The Morgan fingerprint density at radius 2 is 2.00 bits per heavy atom. The molecule has 6 heteroatoms. The van der Waals surface area contributed by atoms with Crippen LogP contribution in [-0.2, 0) is 13.1 Å². The molecule has 0 aliphatic heterocycles. The number of benzene rings is 1. The molecule has 0 amide bonds. The molecule has 0 aliphatic rings. The number of aromatic nitrogens is 2. The smallest absolute Gasteiger partial charge is 0.300 e. The summed E-state index contributed by atoms with van der Waals surface area (Å²) in [5.41, 5.74) is -0.631. The fourth-order valence-electron chi connectivity index (χ4n) is 1.93. The van der Waals surface area contributed by atoms with Crippen LogP contribution in [0.25, 0.3) is 0 Å². The summed E-state index contributed by atoms with van der Waals surface area (Å²) in [5.74, 6) is -0.533. The molecule has 0 spiro atoms. The lowest BCUT2D eigenvalue weighted by Gasteiger charge is -2.09. The van der Waals surface area contributed by atoms with E-state index in [9.17, 15) is 14.0 Å². The topological polar surface area (TPSA) is 44.0 Å². The van der Waals surface area contributed by atoms with Crippen LogP contribution < -0.4 is 11.2 Å². The van der Waals surface area contributed by atoms with Crippen LogP contribution >= 0.6 is 11.6 Å². The molecule has 0 atom stereocenters. The van der Waals surface area contributed by atoms with Gasteiger partial charge in [-0.1, -0.05) is 24.6 Å². The molecule has 0 saturated heterocycles. The van der Waals surface area contributed by atoms with Gasteiger partial charge < -0.3 is 4.57 Å². The van der Waals surface area contributed by atoms with Crippen LogP contribution in [0.5, 0.6) is 0 Å². The Bertz CT molecular complexity index is 737. The SMILES string of the molecule is CCCn1ccc(=O)n(Cc2ccc(Cl)cc2F)c1=O. The van der Waals surface area contributed by atoms with Gasteiger partial charge in [0.1, 0.15) is 5.82 Å². The van der Waals surface area contributed by atoms with E-state index in [4.69, 9.17) is 11.6 Å². The molecule has 4 nitrogen and oxygen atoms in total. The van der Waals surface area contributed by atoms with Crippen molar-refractivity contribution in [2.75, 3.05) is 0 Å². The van der Waals surface area contributed by atoms with Crippen LogP contribution in [0.3, 0.4) is 0 Å². The van der Waals surface area contributed by atoms with Crippen molar-refractivity contribution in [1.82, 2.24) is 9.13 Å². The molecular weight excluding hydrogens is 283 g/mol. The van der Waals surface area contributed by atoms with Crippen LogP contribution in [0.15, 0.2) is 40.1 Å². The fraction of sp³-hybridized carbons (Fsp3) is 0.286. The Balaban J connectivity index is 2.45. The van der Waals surface area contributed by atoms with Gasteiger partial charge in [0, 0.05) is 29.4 Å². The maximum Gasteiger partial charge on any atom is 0.331 e. The molecular formula is C14H14ClFN2O2. The van der Waals surface area contributed by atoms with E-state index < -0.39 is 17.1 Å². The number of aryl methyl sites for hydroxylation is 1. The van der Waals surface area contributed by atoms with E-state index in [0.29, 0.717) is 6.54 Å². The molecule has 2 aromatic rings. The molecule has 106 valence electrons. The van der Waals surface area contributed by atoms with Crippen molar-refractivity contribution >= 4 is 11.6 Å². The van der Waals surface area contributed by atoms with Crippen molar-refractivity contribution in [1.29, 1.82) is 0 Å². The van der Waals surface area contributed by atoms with Gasteiger partial charge in [0.05, 0.1) is 6.54 Å². The first kappa shape index (κ1) is 14.5. The van der Waals surface area contributed by atoms with Crippen LogP contribution in [0.2, 0.25) is 5.02 Å². The molecule has 1 heterocycles. The molecule has 0 saturated carbocycles. The largest absolute Gasteiger partial charge is 0.331 e. The number of hydrogen-bond donors (Lipinski definition) is 0. The van der Waals surface area contributed by atoms with Crippen LogP contribution in [0.4, 0.5) is 4.39 Å². The zero-order chi connectivity index (χ0) is 14.7. The lowest BCUT2D eigenvalue weighted by atomic mass is 10.2. The quantitative estimate of drug-likeness (QED) is 0.868. The fourth-order valence-corrected chi connectivity index (χ4v) is 2.09. The van der Waals surface area contributed by atoms with Crippen molar-refractivity contribution in [3.05, 3.63) is 67.7 Å². The standard InChI is InChI=1S/C14H14ClFN2O2/c1-2-6-17-7-5-13(19)18(14(17)20)9-10-3-4-11(15)8-12(10)16/h3-5,7-8H,2,6,9H2,1H3. The van der Waals surface area contributed by atoms with E-state index in [0.717, 1.165) is 17.1 Å². The lowest BCUT2D eigenvalue weighted by molar-refractivity contribution is 0.551. The van der Waals surface area contributed by atoms with Crippen LogP contribution in [0, 0.1) is 5.82 Å². The third-order valence-electron chi connectivity index (χ3n) is 2.95. The normalized spacial score (nSPS) is 10.8.